The Hall–Kier alpha value is -2.49. The first-order valence-electron chi connectivity index (χ1n) is 11.5. The second kappa shape index (κ2) is 12.1. The zero-order valence-electron chi connectivity index (χ0n) is 19.2. The number of nitrogens with zero attached hydrogens (tertiary/aromatic N) is 4. The maximum Gasteiger partial charge on any atom is 0.253 e. The molecule has 1 amide bonds. The van der Waals surface area contributed by atoms with Crippen molar-refractivity contribution in [1.82, 2.24) is 15.1 Å². The zero-order chi connectivity index (χ0) is 22.3. The van der Waals surface area contributed by atoms with Gasteiger partial charge in [0.2, 0.25) is 0 Å². The summed E-state index contributed by atoms with van der Waals surface area (Å²) >= 11 is 0. The SMILES string of the molecule is CN=C(NCc1ccc(C(=O)N2CCCCC2)cc1)N1CCN(c2ccccc2O)CC1.I. The monoisotopic (exact) mass is 563 g/mol. The minimum absolute atomic E-state index is 0. The van der Waals surface area contributed by atoms with Crippen LogP contribution in [0.3, 0.4) is 0 Å². The molecule has 2 fully saturated rings. The average Bonchev–Trinajstić information content (AvgIpc) is 2.86. The summed E-state index contributed by atoms with van der Waals surface area (Å²) in [6.45, 7) is 5.71. The number of amides is 1. The molecule has 0 radical (unpaired) electrons. The standard InChI is InChI=1S/C25H33N5O2.HI/c1-26-25(30-17-15-28(16-18-30)22-7-3-4-8-23(22)31)27-19-20-9-11-21(12-10-20)24(32)29-13-5-2-6-14-29;/h3-4,7-12,31H,2,5-6,13-19H2,1H3,(H,26,27);1H. The van der Waals surface area contributed by atoms with Crippen molar-refractivity contribution in [3.63, 3.8) is 0 Å². The summed E-state index contributed by atoms with van der Waals surface area (Å²) in [5.74, 6) is 1.34. The first-order valence-corrected chi connectivity index (χ1v) is 11.5. The molecule has 2 saturated heterocycles. The Labute approximate surface area is 213 Å². The van der Waals surface area contributed by atoms with E-state index in [2.05, 4.69) is 20.1 Å². The van der Waals surface area contributed by atoms with Gasteiger partial charge in [0.25, 0.3) is 5.91 Å². The van der Waals surface area contributed by atoms with E-state index in [0.717, 1.165) is 74.9 Å². The van der Waals surface area contributed by atoms with E-state index in [4.69, 9.17) is 0 Å². The average molecular weight is 563 g/mol. The van der Waals surface area contributed by atoms with Gasteiger partial charge in [-0.1, -0.05) is 24.3 Å². The molecule has 0 spiro atoms. The Morgan fingerprint density at radius 3 is 2.21 bits per heavy atom. The van der Waals surface area contributed by atoms with Crippen molar-refractivity contribution < 1.29 is 9.90 Å². The number of piperazine rings is 1. The zero-order valence-corrected chi connectivity index (χ0v) is 21.6. The smallest absolute Gasteiger partial charge is 0.253 e. The van der Waals surface area contributed by atoms with Gasteiger partial charge in [0.15, 0.2) is 5.96 Å². The molecule has 2 aliphatic rings. The number of hydrogen-bond acceptors (Lipinski definition) is 4. The van der Waals surface area contributed by atoms with Crippen molar-refractivity contribution in [1.29, 1.82) is 0 Å². The van der Waals surface area contributed by atoms with E-state index in [-0.39, 0.29) is 29.9 Å². The first kappa shape index (κ1) is 25.1. The van der Waals surface area contributed by atoms with E-state index in [0.29, 0.717) is 12.3 Å². The third-order valence-corrected chi connectivity index (χ3v) is 6.31. The van der Waals surface area contributed by atoms with Crippen LogP contribution in [-0.2, 0) is 6.54 Å². The summed E-state index contributed by atoms with van der Waals surface area (Å²) in [6, 6.07) is 15.4. The Balaban J connectivity index is 0.00000306. The maximum absolute atomic E-state index is 12.6. The molecule has 2 aromatic rings. The predicted octanol–water partition coefficient (Wildman–Crippen LogP) is 3.53. The normalized spacial score (nSPS) is 16.9. The molecule has 7 nitrogen and oxygen atoms in total. The lowest BCUT2D eigenvalue weighted by Gasteiger charge is -2.37. The van der Waals surface area contributed by atoms with Gasteiger partial charge >= 0.3 is 0 Å². The molecule has 0 atom stereocenters. The molecule has 2 aliphatic heterocycles. The van der Waals surface area contributed by atoms with Crippen molar-refractivity contribution >= 4 is 41.5 Å². The Morgan fingerprint density at radius 2 is 1.58 bits per heavy atom. The quantitative estimate of drug-likeness (QED) is 0.339. The maximum atomic E-state index is 12.6. The Bertz CT molecular complexity index is 936. The number of halogens is 1. The number of phenolic OH excluding ortho intramolecular Hbond substituents is 1. The second-order valence-corrected chi connectivity index (χ2v) is 8.41. The molecule has 178 valence electrons. The number of aromatic hydroxyl groups is 1. The van der Waals surface area contributed by atoms with Gasteiger partial charge in [-0.05, 0) is 49.1 Å². The van der Waals surface area contributed by atoms with Gasteiger partial charge in [0.05, 0.1) is 5.69 Å². The largest absolute Gasteiger partial charge is 0.506 e. The highest BCUT2D eigenvalue weighted by Crippen LogP contribution is 2.27. The van der Waals surface area contributed by atoms with Gasteiger partial charge in [-0.2, -0.15) is 0 Å². The lowest BCUT2D eigenvalue weighted by Crippen LogP contribution is -2.52. The number of hydrogen-bond donors (Lipinski definition) is 2. The molecule has 8 heteroatoms. The summed E-state index contributed by atoms with van der Waals surface area (Å²) < 4.78 is 0. The van der Waals surface area contributed by atoms with Crippen LogP contribution < -0.4 is 10.2 Å². The number of likely N-dealkylation sites (tertiary alicyclic amines) is 1. The number of aliphatic imine (C=N–C) groups is 1. The number of nitrogens with one attached hydrogen (secondary N) is 1. The molecular weight excluding hydrogens is 529 g/mol. The molecule has 0 unspecified atom stereocenters. The molecule has 0 aliphatic carbocycles. The molecule has 2 heterocycles. The van der Waals surface area contributed by atoms with E-state index in [1.54, 1.807) is 13.1 Å². The summed E-state index contributed by atoms with van der Waals surface area (Å²) in [5.41, 5.74) is 2.77. The molecule has 0 aromatic heterocycles. The van der Waals surface area contributed by atoms with E-state index < -0.39 is 0 Å². The first-order chi connectivity index (χ1) is 15.7. The van der Waals surface area contributed by atoms with Crippen molar-refractivity contribution in [2.24, 2.45) is 4.99 Å². The fourth-order valence-corrected chi connectivity index (χ4v) is 4.45. The minimum atomic E-state index is 0. The summed E-state index contributed by atoms with van der Waals surface area (Å²) in [7, 11) is 1.80. The fourth-order valence-electron chi connectivity index (χ4n) is 4.45. The van der Waals surface area contributed by atoms with Crippen LogP contribution in [0.15, 0.2) is 53.5 Å². The highest BCUT2D eigenvalue weighted by atomic mass is 127. The van der Waals surface area contributed by atoms with E-state index in [1.807, 2.05) is 47.4 Å². The number of anilines is 1. The van der Waals surface area contributed by atoms with Gasteiger partial charge in [-0.3, -0.25) is 9.79 Å². The van der Waals surface area contributed by atoms with Crippen LogP contribution in [0.1, 0.15) is 35.2 Å². The highest BCUT2D eigenvalue weighted by Gasteiger charge is 2.21. The van der Waals surface area contributed by atoms with Crippen molar-refractivity contribution in [2.75, 3.05) is 51.2 Å². The van der Waals surface area contributed by atoms with Gasteiger partial charge in [0, 0.05) is 58.4 Å². The van der Waals surface area contributed by atoms with Crippen molar-refractivity contribution in [2.45, 2.75) is 25.8 Å². The summed E-state index contributed by atoms with van der Waals surface area (Å²) in [5, 5.41) is 13.6. The Kier molecular flexibility index (Phi) is 9.22. The topological polar surface area (TPSA) is 71.4 Å². The molecule has 33 heavy (non-hydrogen) atoms. The van der Waals surface area contributed by atoms with Crippen LogP contribution in [0, 0.1) is 0 Å². The molecule has 4 rings (SSSR count). The van der Waals surface area contributed by atoms with Crippen molar-refractivity contribution in [3.8, 4) is 5.75 Å². The summed E-state index contributed by atoms with van der Waals surface area (Å²) in [4.78, 5) is 23.5. The fraction of sp³-hybridized carbons (Fsp3) is 0.440. The van der Waals surface area contributed by atoms with Crippen LogP contribution in [-0.4, -0.2) is 73.1 Å². The number of benzene rings is 2. The third kappa shape index (κ3) is 6.31. The number of piperidine rings is 1. The Morgan fingerprint density at radius 1 is 0.909 bits per heavy atom. The molecule has 0 bridgehead atoms. The second-order valence-electron chi connectivity index (χ2n) is 8.41. The lowest BCUT2D eigenvalue weighted by atomic mass is 10.1. The van der Waals surface area contributed by atoms with E-state index in [1.165, 1.54) is 6.42 Å². The molecule has 2 aromatic carbocycles. The predicted molar refractivity (Wildman–Crippen MR) is 144 cm³/mol. The van der Waals surface area contributed by atoms with Crippen LogP contribution in [0.25, 0.3) is 0 Å². The van der Waals surface area contributed by atoms with Crippen LogP contribution in [0.5, 0.6) is 5.75 Å². The van der Waals surface area contributed by atoms with Crippen molar-refractivity contribution in [3.05, 3.63) is 59.7 Å². The number of para-hydroxylation sites is 2. The minimum Gasteiger partial charge on any atom is -0.506 e. The summed E-state index contributed by atoms with van der Waals surface area (Å²) in [6.07, 6.45) is 3.43. The molecule has 0 saturated carbocycles. The number of carbonyl (C=O) groups is 1. The lowest BCUT2D eigenvalue weighted by molar-refractivity contribution is 0.0724. The van der Waals surface area contributed by atoms with Crippen LogP contribution in [0.4, 0.5) is 5.69 Å². The number of rotatable bonds is 4. The van der Waals surface area contributed by atoms with Gasteiger partial charge < -0.3 is 25.1 Å². The van der Waals surface area contributed by atoms with Crippen LogP contribution >= 0.6 is 24.0 Å². The van der Waals surface area contributed by atoms with Gasteiger partial charge in [-0.25, -0.2) is 0 Å². The van der Waals surface area contributed by atoms with E-state index >= 15 is 0 Å². The molecular formula is C25H34IN5O2. The van der Waals surface area contributed by atoms with Gasteiger partial charge in [-0.15, -0.1) is 24.0 Å². The number of guanidine groups is 1. The van der Waals surface area contributed by atoms with Crippen LogP contribution in [0.2, 0.25) is 0 Å². The number of carbonyl (C=O) groups excluding carboxylic acids is 1. The van der Waals surface area contributed by atoms with Gasteiger partial charge in [0.1, 0.15) is 5.75 Å². The third-order valence-electron chi connectivity index (χ3n) is 6.31. The number of phenols is 1. The highest BCUT2D eigenvalue weighted by molar-refractivity contribution is 14.0. The molecule has 2 N–H and O–H groups in total. The van der Waals surface area contributed by atoms with E-state index in [9.17, 15) is 9.90 Å².